The number of rotatable bonds is 2. The maximum absolute atomic E-state index is 7.00. The van der Waals surface area contributed by atoms with Gasteiger partial charge in [-0.05, 0) is 5.56 Å². The van der Waals surface area contributed by atoms with Crippen LogP contribution in [0.2, 0.25) is 0 Å². The van der Waals surface area contributed by atoms with Crippen molar-refractivity contribution in [2.45, 2.75) is 6.42 Å². The summed E-state index contributed by atoms with van der Waals surface area (Å²) < 4.78 is 0. The second-order valence-corrected chi connectivity index (χ2v) is 2.52. The fraction of sp³-hybridized carbons (Fsp3) is 0.125. The van der Waals surface area contributed by atoms with Crippen molar-refractivity contribution in [2.24, 2.45) is 0 Å². The van der Waals surface area contributed by atoms with Gasteiger partial charge in [0.2, 0.25) is 0 Å². The molecule has 0 radical (unpaired) electrons. The number of hydrogen-bond donors (Lipinski definition) is 1. The summed E-state index contributed by atoms with van der Waals surface area (Å²) in [7, 11) is 0. The fourth-order valence-electron chi connectivity index (χ4n) is 0.775. The molecule has 1 rings (SSSR count). The van der Waals surface area contributed by atoms with Crippen LogP contribution >= 0.6 is 11.6 Å². The summed E-state index contributed by atoms with van der Waals surface area (Å²) in [6.07, 6.45) is 0.544. The summed E-state index contributed by atoms with van der Waals surface area (Å²) in [5.41, 5.74) is 1.09. The minimum Gasteiger partial charge on any atom is -0.293 e. The van der Waals surface area contributed by atoms with Gasteiger partial charge in [0, 0.05) is 6.42 Å². The van der Waals surface area contributed by atoms with Crippen LogP contribution in [0.3, 0.4) is 0 Å². The van der Waals surface area contributed by atoms with Gasteiger partial charge in [-0.2, -0.15) is 0 Å². The van der Waals surface area contributed by atoms with Crippen molar-refractivity contribution in [1.29, 1.82) is 5.41 Å². The first-order chi connectivity index (χ1) is 4.79. The van der Waals surface area contributed by atoms with Gasteiger partial charge >= 0.3 is 0 Å². The van der Waals surface area contributed by atoms with Crippen molar-refractivity contribution in [1.82, 2.24) is 0 Å². The number of halogens is 1. The van der Waals surface area contributed by atoms with E-state index in [-0.39, 0.29) is 5.17 Å². The monoisotopic (exact) mass is 153 g/mol. The first kappa shape index (κ1) is 7.29. The molecule has 0 aliphatic heterocycles. The zero-order chi connectivity index (χ0) is 7.40. The van der Waals surface area contributed by atoms with Gasteiger partial charge in [-0.15, -0.1) is 0 Å². The predicted octanol–water partition coefficient (Wildman–Crippen LogP) is 2.45. The van der Waals surface area contributed by atoms with Crippen molar-refractivity contribution < 1.29 is 0 Å². The van der Waals surface area contributed by atoms with Crippen LogP contribution < -0.4 is 0 Å². The lowest BCUT2D eigenvalue weighted by atomic mass is 10.2. The van der Waals surface area contributed by atoms with Crippen LogP contribution in [0.4, 0.5) is 0 Å². The van der Waals surface area contributed by atoms with E-state index in [1.807, 2.05) is 30.3 Å². The van der Waals surface area contributed by atoms with Crippen LogP contribution in [-0.2, 0) is 6.42 Å². The highest BCUT2D eigenvalue weighted by atomic mass is 35.5. The van der Waals surface area contributed by atoms with Gasteiger partial charge in [-0.3, -0.25) is 5.41 Å². The first-order valence-corrected chi connectivity index (χ1v) is 3.43. The van der Waals surface area contributed by atoms with Crippen LogP contribution in [0.1, 0.15) is 5.56 Å². The van der Waals surface area contributed by atoms with E-state index in [2.05, 4.69) is 0 Å². The molecule has 0 fully saturated rings. The molecular weight excluding hydrogens is 146 g/mol. The molecule has 10 heavy (non-hydrogen) atoms. The van der Waals surface area contributed by atoms with Gasteiger partial charge in [0.1, 0.15) is 5.17 Å². The Morgan fingerprint density at radius 1 is 1.30 bits per heavy atom. The SMILES string of the molecule is N=C(Cl)Cc1ccccc1. The summed E-state index contributed by atoms with van der Waals surface area (Å²) in [6.45, 7) is 0. The zero-order valence-corrected chi connectivity index (χ0v) is 6.23. The third-order valence-corrected chi connectivity index (χ3v) is 1.34. The standard InChI is InChI=1S/C8H8ClN/c9-8(10)6-7-4-2-1-3-5-7/h1-5,10H,6H2. The highest BCUT2D eigenvalue weighted by molar-refractivity contribution is 6.64. The molecule has 0 heterocycles. The molecule has 0 aliphatic carbocycles. The maximum Gasteiger partial charge on any atom is 0.101 e. The van der Waals surface area contributed by atoms with Crippen molar-refractivity contribution >= 4 is 16.8 Å². The normalized spacial score (nSPS) is 9.30. The molecule has 0 aromatic heterocycles. The van der Waals surface area contributed by atoms with Gasteiger partial charge < -0.3 is 0 Å². The van der Waals surface area contributed by atoms with Gasteiger partial charge in [0.05, 0.1) is 0 Å². The van der Waals surface area contributed by atoms with Crippen LogP contribution in [0.15, 0.2) is 30.3 Å². The summed E-state index contributed by atoms with van der Waals surface area (Å²) in [5, 5.41) is 7.18. The predicted molar refractivity (Wildman–Crippen MR) is 43.7 cm³/mol. The lowest BCUT2D eigenvalue weighted by molar-refractivity contribution is 1.31. The molecule has 0 spiro atoms. The average Bonchev–Trinajstić information content (AvgIpc) is 1.88. The second-order valence-electron chi connectivity index (χ2n) is 2.07. The number of hydrogen-bond acceptors (Lipinski definition) is 1. The summed E-state index contributed by atoms with van der Waals surface area (Å²) in [5.74, 6) is 0. The molecule has 1 N–H and O–H groups in total. The number of benzene rings is 1. The largest absolute Gasteiger partial charge is 0.293 e. The molecule has 0 atom stereocenters. The van der Waals surface area contributed by atoms with Crippen molar-refractivity contribution in [3.8, 4) is 0 Å². The van der Waals surface area contributed by atoms with E-state index in [9.17, 15) is 0 Å². The molecule has 2 heteroatoms. The molecule has 0 saturated carbocycles. The van der Waals surface area contributed by atoms with Gasteiger partial charge in [-0.25, -0.2) is 0 Å². The smallest absolute Gasteiger partial charge is 0.101 e. The highest BCUT2D eigenvalue weighted by Crippen LogP contribution is 2.01. The first-order valence-electron chi connectivity index (χ1n) is 3.06. The van der Waals surface area contributed by atoms with Crippen molar-refractivity contribution in [2.75, 3.05) is 0 Å². The van der Waals surface area contributed by atoms with E-state index in [1.165, 1.54) is 0 Å². The molecular formula is C8H8ClN. The van der Waals surface area contributed by atoms with Crippen LogP contribution in [0, 0.1) is 5.41 Å². The molecule has 0 aliphatic rings. The summed E-state index contributed by atoms with van der Waals surface area (Å²) in [6, 6.07) is 9.74. The van der Waals surface area contributed by atoms with Crippen LogP contribution in [0.25, 0.3) is 0 Å². The Morgan fingerprint density at radius 3 is 2.40 bits per heavy atom. The van der Waals surface area contributed by atoms with E-state index in [0.29, 0.717) is 6.42 Å². The average molecular weight is 154 g/mol. The molecule has 0 unspecified atom stereocenters. The second kappa shape index (κ2) is 3.37. The molecule has 1 aromatic carbocycles. The molecule has 1 aromatic rings. The van der Waals surface area contributed by atoms with Crippen molar-refractivity contribution in [3.63, 3.8) is 0 Å². The third-order valence-electron chi connectivity index (χ3n) is 1.20. The van der Waals surface area contributed by atoms with Gasteiger partial charge in [0.15, 0.2) is 0 Å². The van der Waals surface area contributed by atoms with Crippen LogP contribution in [0.5, 0.6) is 0 Å². The fourth-order valence-corrected chi connectivity index (χ4v) is 0.929. The van der Waals surface area contributed by atoms with E-state index in [1.54, 1.807) is 0 Å². The lowest BCUT2D eigenvalue weighted by Gasteiger charge is -1.94. The van der Waals surface area contributed by atoms with E-state index in [4.69, 9.17) is 17.0 Å². The Balaban J connectivity index is 2.67. The Labute approximate surface area is 65.1 Å². The minimum atomic E-state index is 0.186. The molecule has 0 saturated heterocycles. The van der Waals surface area contributed by atoms with Crippen molar-refractivity contribution in [3.05, 3.63) is 35.9 Å². The summed E-state index contributed by atoms with van der Waals surface area (Å²) >= 11 is 5.40. The number of nitrogens with one attached hydrogen (secondary N) is 1. The molecule has 0 bridgehead atoms. The third kappa shape index (κ3) is 2.19. The Bertz CT molecular complexity index is 218. The topological polar surface area (TPSA) is 23.9 Å². The Hall–Kier alpha value is -0.820. The van der Waals surface area contributed by atoms with E-state index in [0.717, 1.165) is 5.56 Å². The quantitative estimate of drug-likeness (QED) is 0.632. The van der Waals surface area contributed by atoms with Gasteiger partial charge in [0.25, 0.3) is 0 Å². The van der Waals surface area contributed by atoms with Crippen LogP contribution in [-0.4, -0.2) is 5.17 Å². The maximum atomic E-state index is 7.00. The molecule has 52 valence electrons. The Kier molecular flexibility index (Phi) is 2.46. The molecule has 1 nitrogen and oxygen atoms in total. The van der Waals surface area contributed by atoms with E-state index < -0.39 is 0 Å². The lowest BCUT2D eigenvalue weighted by Crippen LogP contribution is -1.90. The minimum absolute atomic E-state index is 0.186. The summed E-state index contributed by atoms with van der Waals surface area (Å²) in [4.78, 5) is 0. The van der Waals surface area contributed by atoms with Gasteiger partial charge in [-0.1, -0.05) is 41.9 Å². The zero-order valence-electron chi connectivity index (χ0n) is 5.47. The van der Waals surface area contributed by atoms with E-state index >= 15 is 0 Å². The Morgan fingerprint density at radius 2 is 1.90 bits per heavy atom. The highest BCUT2D eigenvalue weighted by Gasteiger charge is 1.92. The molecule has 0 amide bonds.